The van der Waals surface area contributed by atoms with Crippen LogP contribution in [-0.4, -0.2) is 59.7 Å². The number of aryl methyl sites for hydroxylation is 2. The zero-order valence-electron chi connectivity index (χ0n) is 20.4. The lowest BCUT2D eigenvalue weighted by atomic mass is 10.0. The molecule has 2 aromatic heterocycles. The van der Waals surface area contributed by atoms with Crippen LogP contribution in [0.25, 0.3) is 11.0 Å². The minimum Gasteiger partial charge on any atom is -0.335 e. The molecule has 2 fully saturated rings. The van der Waals surface area contributed by atoms with E-state index >= 15 is 0 Å². The van der Waals surface area contributed by atoms with E-state index in [1.807, 2.05) is 24.4 Å². The third-order valence-electron chi connectivity index (χ3n) is 7.97. The molecular weight excluding hydrogens is 452 g/mol. The van der Waals surface area contributed by atoms with Crippen LogP contribution in [-0.2, 0) is 13.1 Å². The van der Waals surface area contributed by atoms with Crippen LogP contribution in [0.15, 0.2) is 42.6 Å². The summed E-state index contributed by atoms with van der Waals surface area (Å²) in [6.45, 7) is 6.72. The molecule has 2 aliphatic heterocycles. The maximum Gasteiger partial charge on any atom is 0.254 e. The average molecular weight is 481 g/mol. The number of aromatic amines is 1. The van der Waals surface area contributed by atoms with Gasteiger partial charge in [-0.2, -0.15) is 0 Å². The highest BCUT2D eigenvalue weighted by Gasteiger charge is 2.49. The van der Waals surface area contributed by atoms with E-state index in [-0.39, 0.29) is 11.9 Å². The lowest BCUT2D eigenvalue weighted by molar-refractivity contribution is 0.0592. The number of carbonyl (C=O) groups excluding carboxylic acids is 1. The number of nitrogens with zero attached hydrogens (tertiary/aromatic N) is 6. The molecule has 0 radical (unpaired) electrons. The van der Waals surface area contributed by atoms with E-state index in [1.165, 1.54) is 16.7 Å². The van der Waals surface area contributed by atoms with E-state index in [2.05, 4.69) is 67.6 Å². The van der Waals surface area contributed by atoms with Crippen molar-refractivity contribution in [2.75, 3.05) is 11.9 Å². The number of piperidine rings is 1. The molecule has 2 N–H and O–H groups in total. The third kappa shape index (κ3) is 3.62. The maximum absolute atomic E-state index is 13.3. The Hall–Kier alpha value is -3.85. The van der Waals surface area contributed by atoms with Crippen LogP contribution in [0.1, 0.15) is 45.6 Å². The summed E-state index contributed by atoms with van der Waals surface area (Å²) in [5.74, 6) is 1.24. The second-order valence-electron chi connectivity index (χ2n) is 10.5. The molecule has 182 valence electrons. The number of H-pyrrole nitrogens is 1. The van der Waals surface area contributed by atoms with Crippen LogP contribution in [0.2, 0.25) is 0 Å². The molecule has 4 aromatic rings. The van der Waals surface area contributed by atoms with Crippen LogP contribution in [0.4, 0.5) is 11.6 Å². The Kier molecular flexibility index (Phi) is 4.82. The van der Waals surface area contributed by atoms with Gasteiger partial charge in [0.1, 0.15) is 5.52 Å². The van der Waals surface area contributed by atoms with Crippen molar-refractivity contribution >= 4 is 28.6 Å². The van der Waals surface area contributed by atoms with Gasteiger partial charge < -0.3 is 10.2 Å². The number of benzene rings is 2. The number of carbonyl (C=O) groups is 1. The molecule has 2 bridgehead atoms. The molecule has 0 spiro atoms. The molecule has 1 aliphatic carbocycles. The van der Waals surface area contributed by atoms with Crippen molar-refractivity contribution < 1.29 is 4.79 Å². The Morgan fingerprint density at radius 3 is 2.75 bits per heavy atom. The fourth-order valence-corrected chi connectivity index (χ4v) is 6.41. The van der Waals surface area contributed by atoms with Gasteiger partial charge in [-0.3, -0.25) is 14.8 Å². The third-order valence-corrected chi connectivity index (χ3v) is 7.97. The lowest BCUT2D eigenvalue weighted by Gasteiger charge is -2.36. The van der Waals surface area contributed by atoms with Gasteiger partial charge in [-0.25, -0.2) is 9.97 Å². The average Bonchev–Trinajstić information content (AvgIpc) is 3.64. The Labute approximate surface area is 208 Å². The Bertz CT molecular complexity index is 1480. The summed E-state index contributed by atoms with van der Waals surface area (Å²) in [6.07, 6.45) is 4.05. The van der Waals surface area contributed by atoms with Gasteiger partial charge in [0.2, 0.25) is 5.95 Å². The first-order valence-corrected chi connectivity index (χ1v) is 12.6. The number of anilines is 2. The molecular formula is C27H28N8O. The van der Waals surface area contributed by atoms with Crippen LogP contribution in [0, 0.1) is 19.8 Å². The summed E-state index contributed by atoms with van der Waals surface area (Å²) in [5, 5.41) is 14.1. The largest absolute Gasteiger partial charge is 0.335 e. The molecule has 1 amide bonds. The van der Waals surface area contributed by atoms with E-state index in [1.54, 1.807) is 0 Å². The smallest absolute Gasteiger partial charge is 0.254 e. The predicted molar refractivity (Wildman–Crippen MR) is 136 cm³/mol. The van der Waals surface area contributed by atoms with Crippen LogP contribution in [0.5, 0.6) is 0 Å². The summed E-state index contributed by atoms with van der Waals surface area (Å²) in [6, 6.07) is 12.7. The molecule has 1 saturated heterocycles. The monoisotopic (exact) mass is 480 g/mol. The van der Waals surface area contributed by atoms with Crippen LogP contribution < -0.4 is 5.32 Å². The molecule has 1 saturated carbocycles. The van der Waals surface area contributed by atoms with Gasteiger partial charge in [-0.1, -0.05) is 11.3 Å². The number of hydrogen-bond acceptors (Lipinski definition) is 7. The molecule has 9 nitrogen and oxygen atoms in total. The first-order chi connectivity index (χ1) is 17.5. The Morgan fingerprint density at radius 1 is 1.08 bits per heavy atom. The van der Waals surface area contributed by atoms with E-state index in [9.17, 15) is 4.79 Å². The predicted octanol–water partition coefficient (Wildman–Crippen LogP) is 3.73. The molecule has 4 heterocycles. The zero-order chi connectivity index (χ0) is 24.4. The second-order valence-corrected chi connectivity index (χ2v) is 10.5. The van der Waals surface area contributed by atoms with Gasteiger partial charge in [0, 0.05) is 54.7 Å². The van der Waals surface area contributed by atoms with Crippen molar-refractivity contribution in [2.24, 2.45) is 5.92 Å². The van der Waals surface area contributed by atoms with E-state index in [0.29, 0.717) is 23.5 Å². The molecule has 3 unspecified atom stereocenters. The van der Waals surface area contributed by atoms with Gasteiger partial charge >= 0.3 is 0 Å². The van der Waals surface area contributed by atoms with Crippen molar-refractivity contribution in [1.29, 1.82) is 0 Å². The first kappa shape index (κ1) is 21.4. The Balaban J connectivity index is 1.02. The lowest BCUT2D eigenvalue weighted by Crippen LogP contribution is -2.46. The molecule has 36 heavy (non-hydrogen) atoms. The number of nitrogens with one attached hydrogen (secondary N) is 2. The normalized spacial score (nSPS) is 22.9. The minimum atomic E-state index is 0.100. The molecule has 3 aliphatic rings. The van der Waals surface area contributed by atoms with Gasteiger partial charge in [-0.15, -0.1) is 5.10 Å². The fourth-order valence-electron chi connectivity index (χ4n) is 6.41. The van der Waals surface area contributed by atoms with E-state index < -0.39 is 0 Å². The van der Waals surface area contributed by atoms with Crippen LogP contribution in [0.3, 0.4) is 0 Å². The minimum absolute atomic E-state index is 0.100. The van der Waals surface area contributed by atoms with Gasteiger partial charge in [0.25, 0.3) is 5.91 Å². The van der Waals surface area contributed by atoms with Crippen molar-refractivity contribution in [3.63, 3.8) is 0 Å². The topological polar surface area (TPSA) is 103 Å². The van der Waals surface area contributed by atoms with Gasteiger partial charge in [-0.05, 0) is 74.1 Å². The summed E-state index contributed by atoms with van der Waals surface area (Å²) < 4.78 is 0. The number of rotatable bonds is 4. The zero-order valence-corrected chi connectivity index (χ0v) is 20.4. The number of fused-ring (bicyclic) bond motifs is 4. The molecule has 9 heteroatoms. The number of amides is 1. The SMILES string of the molecule is Cc1cc(C)cc(Nc2ncc3c(n2)CN(C2CC4CC2CN4C(=O)c2ccc4[nH]nnc4c2)C3)c1. The van der Waals surface area contributed by atoms with E-state index in [0.717, 1.165) is 54.9 Å². The van der Waals surface area contributed by atoms with Crippen molar-refractivity contribution in [3.8, 4) is 0 Å². The highest BCUT2D eigenvalue weighted by atomic mass is 16.2. The quantitative estimate of drug-likeness (QED) is 0.459. The number of hydrogen-bond donors (Lipinski definition) is 2. The summed E-state index contributed by atoms with van der Waals surface area (Å²) in [5.41, 5.74) is 8.02. The fraction of sp³-hybridized carbons (Fsp3) is 0.370. The summed E-state index contributed by atoms with van der Waals surface area (Å²) >= 11 is 0. The highest BCUT2D eigenvalue weighted by molar-refractivity contribution is 5.97. The summed E-state index contributed by atoms with van der Waals surface area (Å²) in [7, 11) is 0. The number of likely N-dealkylation sites (tertiary alicyclic amines) is 1. The number of aromatic nitrogens is 5. The maximum atomic E-state index is 13.3. The van der Waals surface area contributed by atoms with Gasteiger partial charge in [0.05, 0.1) is 11.2 Å². The van der Waals surface area contributed by atoms with Gasteiger partial charge in [0.15, 0.2) is 0 Å². The standard InChI is InChI=1S/C27H28N8O/c1-15-5-16(2)7-20(6-15)29-27-28-11-19-12-34(14-24(19)30-27)25-10-21-8-18(25)13-35(21)26(36)17-3-4-22-23(9-17)32-33-31-22/h3-7,9,11,18,21,25H,8,10,12-14H2,1-2H3,(H,28,29,30)(H,31,32,33). The molecule has 2 aromatic carbocycles. The first-order valence-electron chi connectivity index (χ1n) is 12.6. The van der Waals surface area contributed by atoms with Crippen molar-refractivity contribution in [1.82, 2.24) is 35.2 Å². The van der Waals surface area contributed by atoms with Crippen LogP contribution >= 0.6 is 0 Å². The van der Waals surface area contributed by atoms with Crippen molar-refractivity contribution in [2.45, 2.75) is 51.9 Å². The molecule has 7 rings (SSSR count). The molecule has 3 atom stereocenters. The summed E-state index contributed by atoms with van der Waals surface area (Å²) in [4.78, 5) is 27.3. The Morgan fingerprint density at radius 2 is 1.94 bits per heavy atom. The van der Waals surface area contributed by atoms with Crippen molar-refractivity contribution in [3.05, 3.63) is 70.5 Å². The highest BCUT2D eigenvalue weighted by Crippen LogP contribution is 2.43. The van der Waals surface area contributed by atoms with E-state index in [4.69, 9.17) is 4.98 Å². The second kappa shape index (κ2) is 8.09.